The van der Waals surface area contributed by atoms with Crippen molar-refractivity contribution in [3.63, 3.8) is 0 Å². The molecule has 3 heteroatoms. The molecule has 0 aliphatic carbocycles. The van der Waals surface area contributed by atoms with Crippen LogP contribution >= 0.6 is 11.8 Å². The molecule has 0 aromatic heterocycles. The van der Waals surface area contributed by atoms with E-state index in [4.69, 9.17) is 5.11 Å². The Hall–Kier alpha value is -0.960. The van der Waals surface area contributed by atoms with Gasteiger partial charge >= 0.3 is 5.97 Å². The average molecular weight is 196 g/mol. The molecule has 70 valence electrons. The third-order valence-corrected chi connectivity index (χ3v) is 2.62. The maximum absolute atomic E-state index is 10.5. The number of thioether (sulfide) groups is 1. The van der Waals surface area contributed by atoms with Crippen molar-refractivity contribution in [2.45, 2.75) is 12.7 Å². The topological polar surface area (TPSA) is 37.3 Å². The number of hydrogen-bond acceptors (Lipinski definition) is 2. The number of aromatic carboxylic acids is 1. The standard InChI is InChI=1S/C10H12O2S/c1-2-13-7-8-3-5-9(6-4-8)10(11)12/h3-6H,2,7H2,1H3,(H,11,12). The Morgan fingerprint density at radius 1 is 1.38 bits per heavy atom. The highest BCUT2D eigenvalue weighted by atomic mass is 32.2. The lowest BCUT2D eigenvalue weighted by Gasteiger charge is -1.99. The molecule has 0 saturated carbocycles. The maximum atomic E-state index is 10.5. The molecule has 0 amide bonds. The Bertz CT molecular complexity index is 279. The Balaban J connectivity index is 2.64. The third kappa shape index (κ3) is 3.11. The first kappa shape index (κ1) is 10.1. The summed E-state index contributed by atoms with van der Waals surface area (Å²) in [7, 11) is 0. The van der Waals surface area contributed by atoms with Crippen LogP contribution in [0.5, 0.6) is 0 Å². The smallest absolute Gasteiger partial charge is 0.335 e. The van der Waals surface area contributed by atoms with Gasteiger partial charge in [-0.15, -0.1) is 0 Å². The van der Waals surface area contributed by atoms with Gasteiger partial charge in [-0.1, -0.05) is 19.1 Å². The first-order valence-electron chi connectivity index (χ1n) is 4.14. The van der Waals surface area contributed by atoms with Crippen LogP contribution in [0.3, 0.4) is 0 Å². The zero-order valence-electron chi connectivity index (χ0n) is 7.49. The molecule has 0 atom stereocenters. The molecule has 1 aromatic carbocycles. The Morgan fingerprint density at radius 3 is 2.46 bits per heavy atom. The van der Waals surface area contributed by atoms with Crippen LogP contribution in [0.15, 0.2) is 24.3 Å². The third-order valence-electron chi connectivity index (χ3n) is 1.67. The van der Waals surface area contributed by atoms with Crippen molar-refractivity contribution < 1.29 is 9.90 Å². The van der Waals surface area contributed by atoms with Crippen molar-refractivity contribution in [1.29, 1.82) is 0 Å². The van der Waals surface area contributed by atoms with Crippen molar-refractivity contribution in [1.82, 2.24) is 0 Å². The van der Waals surface area contributed by atoms with E-state index in [-0.39, 0.29) is 0 Å². The van der Waals surface area contributed by atoms with Crippen LogP contribution in [0.4, 0.5) is 0 Å². The van der Waals surface area contributed by atoms with Gasteiger partial charge in [0.25, 0.3) is 0 Å². The highest BCUT2D eigenvalue weighted by Gasteiger charge is 2.00. The molecule has 0 radical (unpaired) electrons. The van der Waals surface area contributed by atoms with Crippen molar-refractivity contribution in [2.75, 3.05) is 5.75 Å². The lowest BCUT2D eigenvalue weighted by atomic mass is 10.1. The predicted molar refractivity (Wildman–Crippen MR) is 55.2 cm³/mol. The number of carbonyl (C=O) groups is 1. The van der Waals surface area contributed by atoms with Gasteiger partial charge in [-0.05, 0) is 23.4 Å². The molecule has 0 unspecified atom stereocenters. The molecule has 1 N–H and O–H groups in total. The van der Waals surface area contributed by atoms with Crippen LogP contribution in [0.25, 0.3) is 0 Å². The first-order chi connectivity index (χ1) is 6.24. The summed E-state index contributed by atoms with van der Waals surface area (Å²) in [6.45, 7) is 2.11. The fraction of sp³-hybridized carbons (Fsp3) is 0.300. The van der Waals surface area contributed by atoms with Crippen LogP contribution in [-0.4, -0.2) is 16.8 Å². The zero-order chi connectivity index (χ0) is 9.68. The molecule has 0 bridgehead atoms. The number of rotatable bonds is 4. The molecule has 0 fully saturated rings. The molecule has 2 nitrogen and oxygen atoms in total. The second kappa shape index (κ2) is 4.92. The van der Waals surface area contributed by atoms with E-state index in [2.05, 4.69) is 6.92 Å². The number of hydrogen-bond donors (Lipinski definition) is 1. The summed E-state index contributed by atoms with van der Waals surface area (Å²) in [6, 6.07) is 7.03. The highest BCUT2D eigenvalue weighted by Crippen LogP contribution is 2.12. The van der Waals surface area contributed by atoms with Gasteiger partial charge in [0, 0.05) is 5.75 Å². The minimum atomic E-state index is -0.866. The van der Waals surface area contributed by atoms with Crippen molar-refractivity contribution in [3.8, 4) is 0 Å². The molecule has 0 saturated heterocycles. The Kier molecular flexibility index (Phi) is 3.83. The van der Waals surface area contributed by atoms with Crippen LogP contribution in [0, 0.1) is 0 Å². The monoisotopic (exact) mass is 196 g/mol. The van der Waals surface area contributed by atoms with Gasteiger partial charge in [0.05, 0.1) is 5.56 Å². The van der Waals surface area contributed by atoms with Crippen molar-refractivity contribution in [3.05, 3.63) is 35.4 Å². The normalized spacial score (nSPS) is 9.92. The van der Waals surface area contributed by atoms with Gasteiger partial charge in [0.1, 0.15) is 0 Å². The summed E-state index contributed by atoms with van der Waals surface area (Å²) in [5.74, 6) is 1.17. The van der Waals surface area contributed by atoms with Gasteiger partial charge in [-0.25, -0.2) is 4.79 Å². The zero-order valence-corrected chi connectivity index (χ0v) is 8.30. The quantitative estimate of drug-likeness (QED) is 0.804. The van der Waals surface area contributed by atoms with E-state index in [1.807, 2.05) is 23.9 Å². The molecule has 1 rings (SSSR count). The highest BCUT2D eigenvalue weighted by molar-refractivity contribution is 7.98. The average Bonchev–Trinajstić information content (AvgIpc) is 2.15. The second-order valence-corrected chi connectivity index (χ2v) is 3.91. The molecular formula is C10H12O2S. The van der Waals surface area contributed by atoms with E-state index in [1.54, 1.807) is 12.1 Å². The molecule has 0 aliphatic heterocycles. The van der Waals surface area contributed by atoms with Crippen LogP contribution in [0.1, 0.15) is 22.8 Å². The lowest BCUT2D eigenvalue weighted by Crippen LogP contribution is -1.95. The number of benzene rings is 1. The van der Waals surface area contributed by atoms with E-state index >= 15 is 0 Å². The SMILES string of the molecule is CCSCc1ccc(C(=O)O)cc1. The van der Waals surface area contributed by atoms with Gasteiger partial charge in [-0.3, -0.25) is 0 Å². The van der Waals surface area contributed by atoms with E-state index in [0.29, 0.717) is 5.56 Å². The second-order valence-electron chi connectivity index (χ2n) is 2.64. The number of carboxylic acid groups (broad SMARTS) is 1. The van der Waals surface area contributed by atoms with Gasteiger partial charge in [0.2, 0.25) is 0 Å². The van der Waals surface area contributed by atoms with Gasteiger partial charge in [0.15, 0.2) is 0 Å². The molecular weight excluding hydrogens is 184 g/mol. The largest absolute Gasteiger partial charge is 0.478 e. The summed E-state index contributed by atoms with van der Waals surface area (Å²) >= 11 is 1.83. The van der Waals surface area contributed by atoms with Gasteiger partial charge in [-0.2, -0.15) is 11.8 Å². The van der Waals surface area contributed by atoms with E-state index < -0.39 is 5.97 Å². The summed E-state index contributed by atoms with van der Waals surface area (Å²) < 4.78 is 0. The lowest BCUT2D eigenvalue weighted by molar-refractivity contribution is 0.0697. The molecule has 0 heterocycles. The fourth-order valence-electron chi connectivity index (χ4n) is 0.963. The Labute approximate surface area is 82.0 Å². The van der Waals surface area contributed by atoms with Crippen LogP contribution < -0.4 is 0 Å². The maximum Gasteiger partial charge on any atom is 0.335 e. The number of carboxylic acids is 1. The fourth-order valence-corrected chi connectivity index (χ4v) is 1.60. The predicted octanol–water partition coefficient (Wildman–Crippen LogP) is 2.64. The summed E-state index contributed by atoms with van der Waals surface area (Å²) in [6.07, 6.45) is 0. The summed E-state index contributed by atoms with van der Waals surface area (Å²) in [5.41, 5.74) is 1.53. The van der Waals surface area contributed by atoms with Crippen molar-refractivity contribution in [2.24, 2.45) is 0 Å². The van der Waals surface area contributed by atoms with E-state index in [0.717, 1.165) is 11.5 Å². The minimum Gasteiger partial charge on any atom is -0.478 e. The minimum absolute atomic E-state index is 0.352. The molecule has 0 aliphatic rings. The van der Waals surface area contributed by atoms with E-state index in [9.17, 15) is 4.79 Å². The van der Waals surface area contributed by atoms with Gasteiger partial charge < -0.3 is 5.11 Å². The summed E-state index contributed by atoms with van der Waals surface area (Å²) in [4.78, 5) is 10.5. The van der Waals surface area contributed by atoms with Crippen molar-refractivity contribution >= 4 is 17.7 Å². The molecule has 13 heavy (non-hydrogen) atoms. The molecule has 1 aromatic rings. The van der Waals surface area contributed by atoms with E-state index in [1.165, 1.54) is 5.56 Å². The molecule has 0 spiro atoms. The van der Waals surface area contributed by atoms with Crippen LogP contribution in [0.2, 0.25) is 0 Å². The van der Waals surface area contributed by atoms with Crippen LogP contribution in [-0.2, 0) is 5.75 Å². The first-order valence-corrected chi connectivity index (χ1v) is 5.29. The summed E-state index contributed by atoms with van der Waals surface area (Å²) in [5, 5.41) is 8.65. The Morgan fingerprint density at radius 2 is 2.00 bits per heavy atom.